The molecule has 0 saturated heterocycles. The zero-order valence-electron chi connectivity index (χ0n) is 18.5. The number of aromatic hydroxyl groups is 1. The second-order valence-electron chi connectivity index (χ2n) is 8.02. The number of hydroxylamine groups is 1. The molecule has 8 nitrogen and oxygen atoms in total. The lowest BCUT2D eigenvalue weighted by molar-refractivity contribution is -0.136. The summed E-state index contributed by atoms with van der Waals surface area (Å²) in [6.07, 6.45) is -1.52. The Morgan fingerprint density at radius 2 is 1.86 bits per heavy atom. The highest BCUT2D eigenvalue weighted by atomic mass is 19.4. The SMILES string of the molecule is O=C(CCCCCCO/N=C1/C(c2c(O)[nH]c3c(C(F)(F)F)cccc23)=Nc2ccccc21)NO. The number of aromatic amines is 1. The van der Waals surface area contributed by atoms with Crippen LogP contribution in [0.4, 0.5) is 18.9 Å². The molecular formula is C24H23F3N4O4. The van der Waals surface area contributed by atoms with Crippen molar-refractivity contribution in [3.8, 4) is 5.88 Å². The van der Waals surface area contributed by atoms with Crippen LogP contribution in [0.3, 0.4) is 0 Å². The average molecular weight is 488 g/mol. The third-order valence-corrected chi connectivity index (χ3v) is 5.64. The number of rotatable bonds is 9. The molecule has 1 aliphatic rings. The molecule has 0 bridgehead atoms. The number of oxime groups is 1. The molecule has 0 unspecified atom stereocenters. The van der Waals surface area contributed by atoms with Gasteiger partial charge in [0.1, 0.15) is 18.0 Å². The van der Waals surface area contributed by atoms with Crippen LogP contribution in [0.15, 0.2) is 52.6 Å². The van der Waals surface area contributed by atoms with Crippen LogP contribution < -0.4 is 5.48 Å². The lowest BCUT2D eigenvalue weighted by Crippen LogP contribution is -2.17. The smallest absolute Gasteiger partial charge is 0.418 e. The second kappa shape index (κ2) is 10.2. The Morgan fingerprint density at radius 1 is 1.09 bits per heavy atom. The van der Waals surface area contributed by atoms with Crippen LogP contribution in [-0.2, 0) is 15.8 Å². The molecule has 0 aliphatic carbocycles. The van der Waals surface area contributed by atoms with E-state index in [4.69, 9.17) is 10.0 Å². The summed E-state index contributed by atoms with van der Waals surface area (Å²) < 4.78 is 40.5. The topological polar surface area (TPSA) is 119 Å². The number of H-pyrrole nitrogens is 1. The van der Waals surface area contributed by atoms with Gasteiger partial charge in [0.2, 0.25) is 5.91 Å². The molecule has 4 rings (SSSR count). The molecule has 184 valence electrons. The summed E-state index contributed by atoms with van der Waals surface area (Å²) in [4.78, 5) is 23.5. The summed E-state index contributed by atoms with van der Waals surface area (Å²) in [6, 6.07) is 10.8. The van der Waals surface area contributed by atoms with Gasteiger partial charge in [0.25, 0.3) is 0 Å². The first-order chi connectivity index (χ1) is 16.8. The molecule has 0 atom stereocenters. The number of alkyl halides is 3. The number of carbonyl (C=O) groups is 1. The normalized spacial score (nSPS) is 14.3. The predicted molar refractivity (Wildman–Crippen MR) is 123 cm³/mol. The van der Waals surface area contributed by atoms with Gasteiger partial charge >= 0.3 is 6.18 Å². The third kappa shape index (κ3) is 5.14. The van der Waals surface area contributed by atoms with Crippen molar-refractivity contribution in [2.45, 2.75) is 38.3 Å². The van der Waals surface area contributed by atoms with E-state index in [1.165, 1.54) is 12.1 Å². The Morgan fingerprint density at radius 3 is 2.63 bits per heavy atom. The number of aliphatic imine (C=N–C) groups is 1. The Balaban J connectivity index is 1.56. The molecule has 1 amide bonds. The van der Waals surface area contributed by atoms with Crippen molar-refractivity contribution in [1.29, 1.82) is 0 Å². The molecule has 11 heteroatoms. The minimum atomic E-state index is -4.60. The van der Waals surface area contributed by atoms with E-state index >= 15 is 0 Å². The number of hydrogen-bond donors (Lipinski definition) is 4. The van der Waals surface area contributed by atoms with Gasteiger partial charge in [-0.2, -0.15) is 13.2 Å². The van der Waals surface area contributed by atoms with Crippen LogP contribution in [0.5, 0.6) is 5.88 Å². The molecule has 0 saturated carbocycles. The summed E-state index contributed by atoms with van der Waals surface area (Å²) >= 11 is 0. The third-order valence-electron chi connectivity index (χ3n) is 5.64. The molecule has 35 heavy (non-hydrogen) atoms. The van der Waals surface area contributed by atoms with Gasteiger partial charge in [-0.1, -0.05) is 41.9 Å². The predicted octanol–water partition coefficient (Wildman–Crippen LogP) is 5.20. The van der Waals surface area contributed by atoms with Crippen LogP contribution in [0.1, 0.15) is 48.8 Å². The average Bonchev–Trinajstić information content (AvgIpc) is 3.35. The van der Waals surface area contributed by atoms with Crippen LogP contribution in [0, 0.1) is 0 Å². The minimum Gasteiger partial charge on any atom is -0.494 e. The molecule has 3 aromatic rings. The first-order valence-corrected chi connectivity index (χ1v) is 11.0. The quantitative estimate of drug-likeness (QED) is 0.188. The number of amides is 1. The van der Waals surface area contributed by atoms with Gasteiger partial charge < -0.3 is 14.9 Å². The zero-order chi connectivity index (χ0) is 25.0. The fourth-order valence-electron chi connectivity index (χ4n) is 3.99. The number of para-hydroxylation sites is 2. The highest BCUT2D eigenvalue weighted by Crippen LogP contribution is 2.40. The zero-order valence-corrected chi connectivity index (χ0v) is 18.5. The molecule has 0 radical (unpaired) electrons. The van der Waals surface area contributed by atoms with Crippen LogP contribution >= 0.6 is 0 Å². The van der Waals surface area contributed by atoms with E-state index in [2.05, 4.69) is 15.1 Å². The van der Waals surface area contributed by atoms with E-state index < -0.39 is 23.5 Å². The van der Waals surface area contributed by atoms with Gasteiger partial charge in [0.05, 0.1) is 22.3 Å². The molecular weight excluding hydrogens is 465 g/mol. The maximum atomic E-state index is 13.5. The minimum absolute atomic E-state index is 0.117. The van der Waals surface area contributed by atoms with Gasteiger partial charge in [-0.05, 0) is 31.4 Å². The molecule has 0 fully saturated rings. The summed E-state index contributed by atoms with van der Waals surface area (Å²) in [5.41, 5.74) is 2.31. The number of unbranched alkanes of at least 4 members (excludes halogenated alkanes) is 3. The Kier molecular flexibility index (Phi) is 7.06. The van der Waals surface area contributed by atoms with E-state index in [1.54, 1.807) is 29.7 Å². The van der Waals surface area contributed by atoms with Crippen LogP contribution in [0.2, 0.25) is 0 Å². The van der Waals surface area contributed by atoms with Crippen molar-refractivity contribution < 1.29 is 33.1 Å². The van der Waals surface area contributed by atoms with E-state index in [0.29, 0.717) is 29.8 Å². The van der Waals surface area contributed by atoms with E-state index in [-0.39, 0.29) is 35.2 Å². The molecule has 1 aliphatic heterocycles. The summed E-state index contributed by atoms with van der Waals surface area (Å²) in [5, 5.41) is 23.5. The number of fused-ring (bicyclic) bond motifs is 2. The number of carbonyl (C=O) groups excluding carboxylic acids is 1. The maximum Gasteiger partial charge on any atom is 0.418 e. The van der Waals surface area contributed by atoms with Gasteiger partial charge in [0, 0.05) is 17.4 Å². The van der Waals surface area contributed by atoms with Gasteiger partial charge in [-0.3, -0.25) is 10.0 Å². The first-order valence-electron chi connectivity index (χ1n) is 11.0. The van der Waals surface area contributed by atoms with E-state index in [9.17, 15) is 23.1 Å². The monoisotopic (exact) mass is 488 g/mol. The summed E-state index contributed by atoms with van der Waals surface area (Å²) in [7, 11) is 0. The molecule has 2 heterocycles. The number of aromatic nitrogens is 1. The van der Waals surface area contributed by atoms with E-state index in [1.807, 2.05) is 0 Å². The Labute approximate surface area is 198 Å². The van der Waals surface area contributed by atoms with Gasteiger partial charge in [-0.25, -0.2) is 10.5 Å². The van der Waals surface area contributed by atoms with Gasteiger partial charge in [-0.15, -0.1) is 0 Å². The Bertz CT molecular complexity index is 1300. The van der Waals surface area contributed by atoms with Crippen LogP contribution in [0.25, 0.3) is 10.9 Å². The molecule has 4 N–H and O–H groups in total. The van der Waals surface area contributed by atoms with Crippen molar-refractivity contribution in [1.82, 2.24) is 10.5 Å². The number of nitrogens with one attached hydrogen (secondary N) is 2. The second-order valence-corrected chi connectivity index (χ2v) is 8.02. The lowest BCUT2D eigenvalue weighted by atomic mass is 10.00. The maximum absolute atomic E-state index is 13.5. The number of benzene rings is 2. The number of nitrogens with zero attached hydrogens (tertiary/aromatic N) is 2. The van der Waals surface area contributed by atoms with Crippen molar-refractivity contribution in [3.63, 3.8) is 0 Å². The summed E-state index contributed by atoms with van der Waals surface area (Å²) in [5.74, 6) is -0.870. The van der Waals surface area contributed by atoms with Crippen molar-refractivity contribution >= 4 is 33.9 Å². The van der Waals surface area contributed by atoms with Crippen molar-refractivity contribution in [2.75, 3.05) is 6.61 Å². The number of hydrogen-bond acceptors (Lipinski definition) is 6. The van der Waals surface area contributed by atoms with Crippen LogP contribution in [-0.4, -0.2) is 39.2 Å². The number of halogens is 3. The molecule has 2 aromatic carbocycles. The van der Waals surface area contributed by atoms with E-state index in [0.717, 1.165) is 18.9 Å². The summed E-state index contributed by atoms with van der Waals surface area (Å²) in [6.45, 7) is 0.281. The molecule has 0 spiro atoms. The lowest BCUT2D eigenvalue weighted by Gasteiger charge is -2.08. The highest BCUT2D eigenvalue weighted by molar-refractivity contribution is 6.58. The largest absolute Gasteiger partial charge is 0.494 e. The van der Waals surface area contributed by atoms with Crippen molar-refractivity contribution in [2.24, 2.45) is 10.1 Å². The van der Waals surface area contributed by atoms with Gasteiger partial charge in [0.15, 0.2) is 5.88 Å². The Hall–Kier alpha value is -3.86. The first kappa shape index (κ1) is 24.3. The van der Waals surface area contributed by atoms with Crippen molar-refractivity contribution in [3.05, 3.63) is 59.2 Å². The molecule has 1 aromatic heterocycles. The standard InChI is InChI=1S/C24H23F3N4O4/c25-24(26,27)16-10-7-9-15-19(23(33)29-20(15)16)22-21(14-8-4-5-11-17(14)28-22)31-35-13-6-2-1-3-12-18(32)30-34/h4-5,7-11,29,33-34H,1-3,6,12-13H2,(H,30,32)/b31-21+. The fraction of sp³-hybridized carbons (Fsp3) is 0.292. The fourth-order valence-corrected chi connectivity index (χ4v) is 3.99. The highest BCUT2D eigenvalue weighted by Gasteiger charge is 2.36.